The van der Waals surface area contributed by atoms with E-state index in [1.807, 2.05) is 0 Å². The highest BCUT2D eigenvalue weighted by molar-refractivity contribution is 4.91. The van der Waals surface area contributed by atoms with Gasteiger partial charge in [0.25, 0.3) is 0 Å². The Morgan fingerprint density at radius 3 is 2.50 bits per heavy atom. The van der Waals surface area contributed by atoms with Gasteiger partial charge in [0.1, 0.15) is 0 Å². The average Bonchev–Trinajstić information content (AvgIpc) is 2.85. The predicted octanol–water partition coefficient (Wildman–Crippen LogP) is 2.97. The second-order valence-electron chi connectivity index (χ2n) is 5.92. The fourth-order valence-corrected chi connectivity index (χ4v) is 3.83. The Labute approximate surface area is 86.9 Å². The highest BCUT2D eigenvalue weighted by Crippen LogP contribution is 2.50. The van der Waals surface area contributed by atoms with Gasteiger partial charge in [-0.2, -0.15) is 0 Å². The van der Waals surface area contributed by atoms with E-state index in [0.29, 0.717) is 5.92 Å². The van der Waals surface area contributed by atoms with Crippen LogP contribution in [0.25, 0.3) is 0 Å². The lowest BCUT2D eigenvalue weighted by atomic mass is 9.84. The number of aliphatic hydroxyl groups excluding tert-OH is 1. The van der Waals surface area contributed by atoms with E-state index in [1.54, 1.807) is 0 Å². The van der Waals surface area contributed by atoms with E-state index in [4.69, 9.17) is 0 Å². The zero-order valence-electron chi connectivity index (χ0n) is 8.99. The summed E-state index contributed by atoms with van der Waals surface area (Å²) in [6, 6.07) is 0. The maximum Gasteiger partial charge on any atom is 0.0568 e. The summed E-state index contributed by atoms with van der Waals surface area (Å²) in [5.41, 5.74) is 0. The molecule has 2 bridgehead atoms. The van der Waals surface area contributed by atoms with Gasteiger partial charge in [-0.15, -0.1) is 0 Å². The molecular formula is C13H22O. The van der Waals surface area contributed by atoms with Crippen LogP contribution in [0.3, 0.4) is 0 Å². The lowest BCUT2D eigenvalue weighted by Crippen LogP contribution is -2.15. The van der Waals surface area contributed by atoms with Crippen LogP contribution in [-0.2, 0) is 0 Å². The molecule has 4 unspecified atom stereocenters. The fourth-order valence-electron chi connectivity index (χ4n) is 3.83. The molecule has 0 aromatic heterocycles. The smallest absolute Gasteiger partial charge is 0.0568 e. The SMILES string of the molecule is OC(CCC1CC2CCC1C2)C1CC1. The number of fused-ring (bicyclic) bond motifs is 2. The van der Waals surface area contributed by atoms with Crippen molar-refractivity contribution >= 4 is 0 Å². The Morgan fingerprint density at radius 2 is 1.93 bits per heavy atom. The molecule has 0 heterocycles. The molecule has 1 heteroatoms. The van der Waals surface area contributed by atoms with Crippen molar-refractivity contribution < 1.29 is 5.11 Å². The molecule has 3 aliphatic rings. The maximum absolute atomic E-state index is 9.82. The summed E-state index contributed by atoms with van der Waals surface area (Å²) in [4.78, 5) is 0. The van der Waals surface area contributed by atoms with Crippen LogP contribution in [0.4, 0.5) is 0 Å². The first-order valence-corrected chi connectivity index (χ1v) is 6.51. The van der Waals surface area contributed by atoms with Gasteiger partial charge in [-0.25, -0.2) is 0 Å². The van der Waals surface area contributed by atoms with E-state index in [-0.39, 0.29) is 6.10 Å². The van der Waals surface area contributed by atoms with E-state index in [9.17, 15) is 5.11 Å². The van der Waals surface area contributed by atoms with Gasteiger partial charge in [0.2, 0.25) is 0 Å². The molecule has 4 atom stereocenters. The Hall–Kier alpha value is -0.0400. The van der Waals surface area contributed by atoms with Crippen LogP contribution in [-0.4, -0.2) is 11.2 Å². The van der Waals surface area contributed by atoms with Gasteiger partial charge in [-0.05, 0) is 68.6 Å². The second-order valence-corrected chi connectivity index (χ2v) is 5.92. The molecule has 3 saturated carbocycles. The summed E-state index contributed by atoms with van der Waals surface area (Å²) < 4.78 is 0. The third-order valence-electron chi connectivity index (χ3n) is 4.88. The van der Waals surface area contributed by atoms with E-state index in [1.165, 1.54) is 44.9 Å². The van der Waals surface area contributed by atoms with Crippen molar-refractivity contribution in [1.29, 1.82) is 0 Å². The fraction of sp³-hybridized carbons (Fsp3) is 1.00. The highest BCUT2D eigenvalue weighted by atomic mass is 16.3. The van der Waals surface area contributed by atoms with Crippen molar-refractivity contribution in [2.75, 3.05) is 0 Å². The molecule has 0 radical (unpaired) electrons. The van der Waals surface area contributed by atoms with Crippen LogP contribution in [0.2, 0.25) is 0 Å². The van der Waals surface area contributed by atoms with Gasteiger partial charge >= 0.3 is 0 Å². The lowest BCUT2D eigenvalue weighted by Gasteiger charge is -2.22. The van der Waals surface area contributed by atoms with E-state index in [0.717, 1.165) is 24.2 Å². The van der Waals surface area contributed by atoms with Gasteiger partial charge in [0, 0.05) is 0 Å². The summed E-state index contributed by atoms with van der Waals surface area (Å²) in [6.45, 7) is 0. The van der Waals surface area contributed by atoms with Gasteiger partial charge in [0.15, 0.2) is 0 Å². The van der Waals surface area contributed by atoms with Gasteiger partial charge in [-0.3, -0.25) is 0 Å². The molecule has 1 nitrogen and oxygen atoms in total. The van der Waals surface area contributed by atoms with E-state index >= 15 is 0 Å². The largest absolute Gasteiger partial charge is 0.393 e. The Kier molecular flexibility index (Phi) is 2.31. The molecule has 0 spiro atoms. The first kappa shape index (κ1) is 9.21. The number of hydrogen-bond donors (Lipinski definition) is 1. The molecule has 3 fully saturated rings. The van der Waals surface area contributed by atoms with Crippen LogP contribution in [0, 0.1) is 23.7 Å². The lowest BCUT2D eigenvalue weighted by molar-refractivity contribution is 0.126. The predicted molar refractivity (Wildman–Crippen MR) is 56.9 cm³/mol. The average molecular weight is 194 g/mol. The molecule has 3 rings (SSSR count). The molecule has 0 aromatic carbocycles. The minimum atomic E-state index is 0.0501. The standard InChI is InChI=1S/C13H22O/c14-13(10-3-4-10)6-5-12-8-9-1-2-11(12)7-9/h9-14H,1-8H2. The van der Waals surface area contributed by atoms with Crippen LogP contribution < -0.4 is 0 Å². The summed E-state index contributed by atoms with van der Waals surface area (Å²) in [5.74, 6) is 3.80. The molecule has 0 aromatic rings. The quantitative estimate of drug-likeness (QED) is 0.729. The van der Waals surface area contributed by atoms with E-state index < -0.39 is 0 Å². The van der Waals surface area contributed by atoms with Crippen LogP contribution in [0.5, 0.6) is 0 Å². The zero-order valence-corrected chi connectivity index (χ0v) is 8.99. The zero-order chi connectivity index (χ0) is 9.54. The molecule has 0 aliphatic heterocycles. The summed E-state index contributed by atoms with van der Waals surface area (Å²) in [7, 11) is 0. The number of hydrogen-bond acceptors (Lipinski definition) is 1. The topological polar surface area (TPSA) is 20.2 Å². The summed E-state index contributed by atoms with van der Waals surface area (Å²) in [6.07, 6.45) is 11.1. The Bertz CT molecular complexity index is 209. The van der Waals surface area contributed by atoms with E-state index in [2.05, 4.69) is 0 Å². The normalized spacial score (nSPS) is 43.1. The molecule has 3 aliphatic carbocycles. The van der Waals surface area contributed by atoms with Crippen molar-refractivity contribution in [3.63, 3.8) is 0 Å². The molecule has 0 saturated heterocycles. The van der Waals surface area contributed by atoms with Crippen LogP contribution in [0.15, 0.2) is 0 Å². The summed E-state index contributed by atoms with van der Waals surface area (Å²) in [5, 5.41) is 9.82. The van der Waals surface area contributed by atoms with Crippen molar-refractivity contribution in [3.05, 3.63) is 0 Å². The summed E-state index contributed by atoms with van der Waals surface area (Å²) >= 11 is 0. The van der Waals surface area contributed by atoms with Crippen molar-refractivity contribution in [1.82, 2.24) is 0 Å². The van der Waals surface area contributed by atoms with Crippen LogP contribution in [0.1, 0.15) is 51.4 Å². The first-order chi connectivity index (χ1) is 6.83. The van der Waals surface area contributed by atoms with Gasteiger partial charge < -0.3 is 5.11 Å². The highest BCUT2D eigenvalue weighted by Gasteiger charge is 2.39. The van der Waals surface area contributed by atoms with Crippen LogP contribution >= 0.6 is 0 Å². The minimum Gasteiger partial charge on any atom is -0.393 e. The third kappa shape index (κ3) is 1.71. The molecular weight excluding hydrogens is 172 g/mol. The molecule has 1 N–H and O–H groups in total. The molecule has 14 heavy (non-hydrogen) atoms. The maximum atomic E-state index is 9.82. The van der Waals surface area contributed by atoms with Crippen molar-refractivity contribution in [2.24, 2.45) is 23.7 Å². The van der Waals surface area contributed by atoms with Crippen molar-refractivity contribution in [3.8, 4) is 0 Å². The Balaban J connectivity index is 1.44. The molecule has 80 valence electrons. The third-order valence-corrected chi connectivity index (χ3v) is 4.88. The van der Waals surface area contributed by atoms with Gasteiger partial charge in [0.05, 0.1) is 6.10 Å². The Morgan fingerprint density at radius 1 is 1.07 bits per heavy atom. The first-order valence-electron chi connectivity index (χ1n) is 6.51. The second kappa shape index (κ2) is 3.52. The van der Waals surface area contributed by atoms with Gasteiger partial charge in [-0.1, -0.05) is 6.42 Å². The molecule has 0 amide bonds. The number of rotatable bonds is 4. The monoisotopic (exact) mass is 194 g/mol. The minimum absolute atomic E-state index is 0.0501. The number of aliphatic hydroxyl groups is 1. The van der Waals surface area contributed by atoms with Crippen molar-refractivity contribution in [2.45, 2.75) is 57.5 Å².